The SMILES string of the molecule is O=C(COCc1ccccc1)N(Cc1ccccc1)Cc1ccco1. The minimum absolute atomic E-state index is 0.0441. The van der Waals surface area contributed by atoms with E-state index in [0.29, 0.717) is 19.7 Å². The van der Waals surface area contributed by atoms with E-state index in [-0.39, 0.29) is 12.5 Å². The fraction of sp³-hybridized carbons (Fsp3) is 0.190. The molecular formula is C21H21NO3. The van der Waals surface area contributed by atoms with E-state index in [0.717, 1.165) is 16.9 Å². The van der Waals surface area contributed by atoms with Gasteiger partial charge < -0.3 is 14.1 Å². The molecule has 3 rings (SSSR count). The molecule has 0 atom stereocenters. The predicted octanol–water partition coefficient (Wildman–Crippen LogP) is 4.03. The van der Waals surface area contributed by atoms with Gasteiger partial charge in [-0.25, -0.2) is 0 Å². The van der Waals surface area contributed by atoms with Gasteiger partial charge in [0.2, 0.25) is 5.91 Å². The van der Waals surface area contributed by atoms with Crippen molar-refractivity contribution >= 4 is 5.91 Å². The van der Waals surface area contributed by atoms with Gasteiger partial charge in [-0.3, -0.25) is 4.79 Å². The average molecular weight is 335 g/mol. The predicted molar refractivity (Wildman–Crippen MR) is 95.5 cm³/mol. The zero-order chi connectivity index (χ0) is 17.3. The van der Waals surface area contributed by atoms with Crippen LogP contribution in [0.5, 0.6) is 0 Å². The van der Waals surface area contributed by atoms with Gasteiger partial charge in [-0.15, -0.1) is 0 Å². The summed E-state index contributed by atoms with van der Waals surface area (Å²) in [5.74, 6) is 0.698. The molecule has 0 saturated heterocycles. The number of ether oxygens (including phenoxy) is 1. The van der Waals surface area contributed by atoms with Crippen LogP contribution in [0, 0.1) is 0 Å². The Morgan fingerprint density at radius 1 is 0.840 bits per heavy atom. The number of amides is 1. The van der Waals surface area contributed by atoms with Crippen LogP contribution in [-0.2, 0) is 29.2 Å². The molecule has 128 valence electrons. The Labute approximate surface area is 147 Å². The molecule has 0 saturated carbocycles. The van der Waals surface area contributed by atoms with E-state index in [2.05, 4.69) is 0 Å². The summed E-state index contributed by atoms with van der Waals surface area (Å²) in [5.41, 5.74) is 2.13. The molecular weight excluding hydrogens is 314 g/mol. The van der Waals surface area contributed by atoms with Crippen LogP contribution >= 0.6 is 0 Å². The second-order valence-electron chi connectivity index (χ2n) is 5.79. The van der Waals surface area contributed by atoms with Crippen molar-refractivity contribution in [2.24, 2.45) is 0 Å². The van der Waals surface area contributed by atoms with E-state index in [9.17, 15) is 4.79 Å². The average Bonchev–Trinajstić information content (AvgIpc) is 3.16. The van der Waals surface area contributed by atoms with Crippen molar-refractivity contribution in [2.45, 2.75) is 19.7 Å². The maximum absolute atomic E-state index is 12.6. The molecule has 0 aliphatic rings. The highest BCUT2D eigenvalue weighted by molar-refractivity contribution is 5.77. The number of hydrogen-bond acceptors (Lipinski definition) is 3. The van der Waals surface area contributed by atoms with Crippen molar-refractivity contribution in [3.8, 4) is 0 Å². The van der Waals surface area contributed by atoms with Crippen LogP contribution in [0.4, 0.5) is 0 Å². The Kier molecular flexibility index (Phi) is 6.01. The summed E-state index contributed by atoms with van der Waals surface area (Å²) < 4.78 is 11.0. The zero-order valence-electron chi connectivity index (χ0n) is 14.0. The Morgan fingerprint density at radius 3 is 2.16 bits per heavy atom. The number of carbonyl (C=O) groups excluding carboxylic acids is 1. The summed E-state index contributed by atoms with van der Waals surface area (Å²) in [6, 6.07) is 23.4. The normalized spacial score (nSPS) is 10.6. The number of nitrogens with zero attached hydrogens (tertiary/aromatic N) is 1. The van der Waals surface area contributed by atoms with Gasteiger partial charge >= 0.3 is 0 Å². The van der Waals surface area contributed by atoms with Gasteiger partial charge in [0.15, 0.2) is 0 Å². The van der Waals surface area contributed by atoms with E-state index in [1.54, 1.807) is 11.2 Å². The molecule has 0 aliphatic carbocycles. The Morgan fingerprint density at radius 2 is 1.52 bits per heavy atom. The highest BCUT2D eigenvalue weighted by Gasteiger charge is 2.16. The van der Waals surface area contributed by atoms with Crippen molar-refractivity contribution in [1.82, 2.24) is 4.90 Å². The Balaban J connectivity index is 1.60. The molecule has 4 heteroatoms. The van der Waals surface area contributed by atoms with Gasteiger partial charge in [-0.1, -0.05) is 60.7 Å². The molecule has 1 amide bonds. The molecule has 25 heavy (non-hydrogen) atoms. The molecule has 1 heterocycles. The molecule has 0 fully saturated rings. The smallest absolute Gasteiger partial charge is 0.249 e. The maximum Gasteiger partial charge on any atom is 0.249 e. The lowest BCUT2D eigenvalue weighted by Gasteiger charge is -2.22. The maximum atomic E-state index is 12.6. The first-order valence-electron chi connectivity index (χ1n) is 8.27. The van der Waals surface area contributed by atoms with Crippen molar-refractivity contribution < 1.29 is 13.9 Å². The second-order valence-corrected chi connectivity index (χ2v) is 5.79. The van der Waals surface area contributed by atoms with Crippen molar-refractivity contribution in [3.05, 3.63) is 95.9 Å². The lowest BCUT2D eigenvalue weighted by molar-refractivity contribution is -0.138. The third-order valence-corrected chi connectivity index (χ3v) is 3.83. The zero-order valence-corrected chi connectivity index (χ0v) is 14.0. The highest BCUT2D eigenvalue weighted by Crippen LogP contribution is 2.11. The van der Waals surface area contributed by atoms with Crippen LogP contribution in [0.1, 0.15) is 16.9 Å². The molecule has 0 spiro atoms. The Bertz CT molecular complexity index is 754. The fourth-order valence-electron chi connectivity index (χ4n) is 2.55. The minimum Gasteiger partial charge on any atom is -0.467 e. The molecule has 4 nitrogen and oxygen atoms in total. The first kappa shape index (κ1) is 17.0. The second kappa shape index (κ2) is 8.85. The summed E-state index contributed by atoms with van der Waals surface area (Å²) in [4.78, 5) is 14.4. The molecule has 0 N–H and O–H groups in total. The molecule has 0 aliphatic heterocycles. The number of benzene rings is 2. The van der Waals surface area contributed by atoms with E-state index < -0.39 is 0 Å². The first-order valence-corrected chi connectivity index (χ1v) is 8.27. The summed E-state index contributed by atoms with van der Waals surface area (Å²) in [6.45, 7) is 1.42. The molecule has 1 aromatic heterocycles. The number of carbonyl (C=O) groups is 1. The van der Waals surface area contributed by atoms with Crippen LogP contribution in [-0.4, -0.2) is 17.4 Å². The molecule has 0 unspecified atom stereocenters. The number of hydrogen-bond donors (Lipinski definition) is 0. The fourth-order valence-corrected chi connectivity index (χ4v) is 2.55. The van der Waals surface area contributed by atoms with Crippen molar-refractivity contribution in [2.75, 3.05) is 6.61 Å². The summed E-state index contributed by atoms with van der Waals surface area (Å²) in [5, 5.41) is 0. The van der Waals surface area contributed by atoms with Gasteiger partial charge in [0, 0.05) is 6.54 Å². The van der Waals surface area contributed by atoms with Gasteiger partial charge in [0.05, 0.1) is 19.4 Å². The standard InChI is InChI=1S/C21H21NO3/c23-21(17-24-16-19-10-5-2-6-11-19)22(15-20-12-7-13-25-20)14-18-8-3-1-4-9-18/h1-13H,14-17H2. The van der Waals surface area contributed by atoms with E-state index in [1.165, 1.54) is 0 Å². The van der Waals surface area contributed by atoms with Gasteiger partial charge in [-0.2, -0.15) is 0 Å². The number of furan rings is 1. The molecule has 0 radical (unpaired) electrons. The van der Waals surface area contributed by atoms with Gasteiger partial charge in [0.25, 0.3) is 0 Å². The third kappa shape index (κ3) is 5.33. The van der Waals surface area contributed by atoms with Crippen molar-refractivity contribution in [3.63, 3.8) is 0 Å². The lowest BCUT2D eigenvalue weighted by atomic mass is 10.2. The summed E-state index contributed by atoms with van der Waals surface area (Å²) >= 11 is 0. The molecule has 0 bridgehead atoms. The van der Waals surface area contributed by atoms with Crippen LogP contribution in [0.3, 0.4) is 0 Å². The van der Waals surface area contributed by atoms with Crippen LogP contribution in [0.25, 0.3) is 0 Å². The minimum atomic E-state index is -0.0591. The molecule has 3 aromatic rings. The first-order chi connectivity index (χ1) is 12.3. The third-order valence-electron chi connectivity index (χ3n) is 3.83. The van der Waals surface area contributed by atoms with Gasteiger partial charge in [-0.05, 0) is 23.3 Å². The van der Waals surface area contributed by atoms with Crippen LogP contribution in [0.15, 0.2) is 83.5 Å². The van der Waals surface area contributed by atoms with Crippen LogP contribution < -0.4 is 0 Å². The summed E-state index contributed by atoms with van der Waals surface area (Å²) in [7, 11) is 0. The van der Waals surface area contributed by atoms with E-state index in [1.807, 2.05) is 72.8 Å². The largest absolute Gasteiger partial charge is 0.467 e. The van der Waals surface area contributed by atoms with E-state index in [4.69, 9.17) is 9.15 Å². The summed E-state index contributed by atoms with van der Waals surface area (Å²) in [6.07, 6.45) is 1.62. The van der Waals surface area contributed by atoms with E-state index >= 15 is 0 Å². The van der Waals surface area contributed by atoms with Crippen LogP contribution in [0.2, 0.25) is 0 Å². The number of rotatable bonds is 8. The van der Waals surface area contributed by atoms with Gasteiger partial charge in [0.1, 0.15) is 12.4 Å². The Hall–Kier alpha value is -2.85. The quantitative estimate of drug-likeness (QED) is 0.624. The van der Waals surface area contributed by atoms with Crippen molar-refractivity contribution in [1.29, 1.82) is 0 Å². The topological polar surface area (TPSA) is 42.7 Å². The monoisotopic (exact) mass is 335 g/mol. The highest BCUT2D eigenvalue weighted by atomic mass is 16.5. The molecule has 2 aromatic carbocycles. The lowest BCUT2D eigenvalue weighted by Crippen LogP contribution is -2.33.